The van der Waals surface area contributed by atoms with Gasteiger partial charge >= 0.3 is 11.9 Å². The molecule has 0 N–H and O–H groups in total. The van der Waals surface area contributed by atoms with Gasteiger partial charge in [0.1, 0.15) is 11.8 Å². The highest BCUT2D eigenvalue weighted by Crippen LogP contribution is 2.44. The SMILES string of the molecule is C=CC[C@@H](/C=C(\N=C(c1ccccc1)c1ccccc1)C(=O)OCC)C(=O)OC1CC(C)CCC1C(C)(C)c1ccccc1. The van der Waals surface area contributed by atoms with Crippen LogP contribution in [0.3, 0.4) is 0 Å². The van der Waals surface area contributed by atoms with Crippen LogP contribution in [0.1, 0.15) is 70.1 Å². The van der Waals surface area contributed by atoms with Crippen molar-refractivity contribution in [2.24, 2.45) is 22.7 Å². The zero-order valence-electron chi connectivity index (χ0n) is 26.4. The summed E-state index contributed by atoms with van der Waals surface area (Å²) in [5.74, 6) is -1.11. The molecule has 1 fully saturated rings. The summed E-state index contributed by atoms with van der Waals surface area (Å²) in [4.78, 5) is 32.1. The molecule has 0 spiro atoms. The average molecular weight is 592 g/mol. The van der Waals surface area contributed by atoms with Gasteiger partial charge in [0.15, 0.2) is 0 Å². The zero-order valence-corrected chi connectivity index (χ0v) is 26.4. The van der Waals surface area contributed by atoms with Gasteiger partial charge in [-0.25, -0.2) is 9.79 Å². The maximum absolute atomic E-state index is 13.9. The largest absolute Gasteiger partial charge is 0.462 e. The van der Waals surface area contributed by atoms with Crippen LogP contribution < -0.4 is 0 Å². The Bertz CT molecular complexity index is 1400. The molecule has 0 radical (unpaired) electrons. The van der Waals surface area contributed by atoms with Gasteiger partial charge in [0, 0.05) is 17.0 Å². The van der Waals surface area contributed by atoms with Gasteiger partial charge in [-0.3, -0.25) is 4.79 Å². The highest BCUT2D eigenvalue weighted by atomic mass is 16.5. The minimum Gasteiger partial charge on any atom is -0.462 e. The molecular formula is C39H45NO4. The number of ether oxygens (including phenoxy) is 2. The monoisotopic (exact) mass is 591 g/mol. The molecular weight excluding hydrogens is 546 g/mol. The second-order valence-electron chi connectivity index (χ2n) is 12.2. The van der Waals surface area contributed by atoms with E-state index in [4.69, 9.17) is 14.5 Å². The van der Waals surface area contributed by atoms with Crippen molar-refractivity contribution in [1.82, 2.24) is 0 Å². The summed E-state index contributed by atoms with van der Waals surface area (Å²) >= 11 is 0. The molecule has 1 aliphatic carbocycles. The molecule has 0 heterocycles. The van der Waals surface area contributed by atoms with Gasteiger partial charge < -0.3 is 9.47 Å². The van der Waals surface area contributed by atoms with E-state index in [0.29, 0.717) is 18.1 Å². The lowest BCUT2D eigenvalue weighted by Crippen LogP contribution is -2.44. The molecule has 5 heteroatoms. The number of aliphatic imine (C=N–C) groups is 1. The predicted octanol–water partition coefficient (Wildman–Crippen LogP) is 8.49. The van der Waals surface area contributed by atoms with Crippen LogP contribution in [0.15, 0.2) is 120 Å². The summed E-state index contributed by atoms with van der Waals surface area (Å²) in [5.41, 5.74) is 3.42. The molecule has 1 aliphatic rings. The number of rotatable bonds is 12. The van der Waals surface area contributed by atoms with Crippen molar-refractivity contribution in [1.29, 1.82) is 0 Å². The molecule has 44 heavy (non-hydrogen) atoms. The van der Waals surface area contributed by atoms with E-state index in [1.165, 1.54) is 5.56 Å². The number of nitrogens with zero attached hydrogens (tertiary/aromatic N) is 1. The average Bonchev–Trinajstić information content (AvgIpc) is 3.03. The van der Waals surface area contributed by atoms with Gasteiger partial charge in [-0.15, -0.1) is 6.58 Å². The van der Waals surface area contributed by atoms with Crippen molar-refractivity contribution >= 4 is 17.7 Å². The molecule has 3 aromatic carbocycles. The topological polar surface area (TPSA) is 65.0 Å². The van der Waals surface area contributed by atoms with Crippen LogP contribution in [0, 0.1) is 17.8 Å². The molecule has 3 unspecified atom stereocenters. The standard InChI is InChI=1S/C39H45NO4/c1-6-17-31(37(41)44-35-26-28(3)24-25-33(35)39(4,5)32-22-15-10-16-23-32)27-34(38(42)43-7-2)40-36(29-18-11-8-12-19-29)30-20-13-9-14-21-30/h6,8-16,18-23,27-28,31,33,35H,1,7,17,24-26H2,2-5H3/b34-27-/t28?,31-,33?,35?/m0/s1. The van der Waals surface area contributed by atoms with Crippen molar-refractivity contribution in [3.05, 3.63) is 132 Å². The minimum atomic E-state index is -0.749. The molecule has 0 aromatic heterocycles. The third-order valence-corrected chi connectivity index (χ3v) is 8.66. The van der Waals surface area contributed by atoms with Crippen molar-refractivity contribution in [3.63, 3.8) is 0 Å². The lowest BCUT2D eigenvalue weighted by atomic mass is 9.64. The van der Waals surface area contributed by atoms with Crippen LogP contribution in [-0.4, -0.2) is 30.4 Å². The van der Waals surface area contributed by atoms with Crippen molar-refractivity contribution in [2.75, 3.05) is 6.61 Å². The van der Waals surface area contributed by atoms with E-state index in [2.05, 4.69) is 51.6 Å². The Morgan fingerprint density at radius 2 is 1.50 bits per heavy atom. The summed E-state index contributed by atoms with van der Waals surface area (Å²) in [5, 5.41) is 0. The van der Waals surface area contributed by atoms with Crippen molar-refractivity contribution in [2.45, 2.75) is 64.9 Å². The molecule has 0 bridgehead atoms. The molecule has 230 valence electrons. The third-order valence-electron chi connectivity index (χ3n) is 8.66. The Balaban J connectivity index is 1.71. The highest BCUT2D eigenvalue weighted by molar-refractivity contribution is 6.14. The fraction of sp³-hybridized carbons (Fsp3) is 0.359. The van der Waals surface area contributed by atoms with Gasteiger partial charge in [-0.2, -0.15) is 0 Å². The second-order valence-corrected chi connectivity index (χ2v) is 12.2. The summed E-state index contributed by atoms with van der Waals surface area (Å²) in [6.07, 6.45) is 6.19. The lowest BCUT2D eigenvalue weighted by molar-refractivity contribution is -0.159. The number of benzene rings is 3. The fourth-order valence-electron chi connectivity index (χ4n) is 6.17. The first-order valence-corrected chi connectivity index (χ1v) is 15.7. The number of allylic oxidation sites excluding steroid dienone is 1. The van der Waals surface area contributed by atoms with Crippen LogP contribution >= 0.6 is 0 Å². The first kappa shape index (κ1) is 32.7. The Hall–Kier alpha value is -4.25. The molecule has 0 amide bonds. The van der Waals surface area contributed by atoms with Crippen LogP contribution in [0.2, 0.25) is 0 Å². The maximum Gasteiger partial charge on any atom is 0.356 e. The summed E-state index contributed by atoms with van der Waals surface area (Å²) in [6.45, 7) is 12.5. The molecule has 0 saturated heterocycles. The first-order chi connectivity index (χ1) is 21.2. The van der Waals surface area contributed by atoms with E-state index in [-0.39, 0.29) is 35.7 Å². The van der Waals surface area contributed by atoms with Crippen LogP contribution in [0.4, 0.5) is 0 Å². The Kier molecular flexibility index (Phi) is 11.5. The molecule has 3 aromatic rings. The van der Waals surface area contributed by atoms with Gasteiger partial charge in [0.25, 0.3) is 0 Å². The Labute approximate surface area is 262 Å². The smallest absolute Gasteiger partial charge is 0.356 e. The van der Waals surface area contributed by atoms with E-state index in [1.807, 2.05) is 66.7 Å². The predicted molar refractivity (Wildman–Crippen MR) is 177 cm³/mol. The zero-order chi connectivity index (χ0) is 31.5. The highest BCUT2D eigenvalue weighted by Gasteiger charge is 2.42. The van der Waals surface area contributed by atoms with Crippen LogP contribution in [-0.2, 0) is 24.5 Å². The fourth-order valence-corrected chi connectivity index (χ4v) is 6.17. The number of hydrogen-bond acceptors (Lipinski definition) is 5. The van der Waals surface area contributed by atoms with Crippen molar-refractivity contribution < 1.29 is 19.1 Å². The summed E-state index contributed by atoms with van der Waals surface area (Å²) in [7, 11) is 0. The Morgan fingerprint density at radius 1 is 0.932 bits per heavy atom. The molecule has 4 atom stereocenters. The summed E-state index contributed by atoms with van der Waals surface area (Å²) < 4.78 is 11.8. The minimum absolute atomic E-state index is 0.0662. The van der Waals surface area contributed by atoms with E-state index >= 15 is 0 Å². The van der Waals surface area contributed by atoms with Crippen LogP contribution in [0.5, 0.6) is 0 Å². The first-order valence-electron chi connectivity index (χ1n) is 15.7. The van der Waals surface area contributed by atoms with E-state index in [9.17, 15) is 9.59 Å². The molecule has 5 nitrogen and oxygen atoms in total. The number of carbonyl (C=O) groups excluding carboxylic acids is 2. The lowest BCUT2D eigenvalue weighted by Gasteiger charge is -2.44. The van der Waals surface area contributed by atoms with E-state index in [1.54, 1.807) is 19.1 Å². The van der Waals surface area contributed by atoms with Gasteiger partial charge in [0.05, 0.1) is 18.2 Å². The second kappa shape index (κ2) is 15.5. The number of esters is 2. The normalized spacial score (nSPS) is 19.4. The molecule has 4 rings (SSSR count). The maximum atomic E-state index is 13.9. The number of carbonyl (C=O) groups is 2. The van der Waals surface area contributed by atoms with Crippen LogP contribution in [0.25, 0.3) is 0 Å². The van der Waals surface area contributed by atoms with Crippen molar-refractivity contribution in [3.8, 4) is 0 Å². The molecule has 0 aliphatic heterocycles. The third kappa shape index (κ3) is 8.22. The Morgan fingerprint density at radius 3 is 2.05 bits per heavy atom. The van der Waals surface area contributed by atoms with E-state index < -0.39 is 11.9 Å². The van der Waals surface area contributed by atoms with Gasteiger partial charge in [-0.1, -0.05) is 124 Å². The van der Waals surface area contributed by atoms with Gasteiger partial charge in [-0.05, 0) is 49.2 Å². The summed E-state index contributed by atoms with van der Waals surface area (Å²) in [6, 6.07) is 29.8. The quantitative estimate of drug-likeness (QED) is 0.0917. The van der Waals surface area contributed by atoms with Gasteiger partial charge in [0.2, 0.25) is 0 Å². The number of hydrogen-bond donors (Lipinski definition) is 0. The van der Waals surface area contributed by atoms with E-state index in [0.717, 1.165) is 30.4 Å². The molecule has 1 saturated carbocycles.